The number of amides is 2. The molecule has 0 aliphatic rings. The lowest BCUT2D eigenvalue weighted by atomic mass is 10.2. The average Bonchev–Trinajstić information content (AvgIpc) is 3.07. The van der Waals surface area contributed by atoms with E-state index in [1.54, 1.807) is 37.6 Å². The minimum absolute atomic E-state index is 0.151. The summed E-state index contributed by atoms with van der Waals surface area (Å²) in [5, 5.41) is 14.1. The van der Waals surface area contributed by atoms with Gasteiger partial charge in [0.2, 0.25) is 5.91 Å². The summed E-state index contributed by atoms with van der Waals surface area (Å²) in [6, 6.07) is 6.83. The number of unbranched alkanes of at least 4 members (excludes halogenated alkanes) is 2. The zero-order valence-corrected chi connectivity index (χ0v) is 15.3. The number of nitrogens with zero attached hydrogens (tertiary/aromatic N) is 3. The fourth-order valence-corrected chi connectivity index (χ4v) is 2.99. The summed E-state index contributed by atoms with van der Waals surface area (Å²) in [6.07, 6.45) is 5.08. The molecule has 2 N–H and O–H groups in total. The van der Waals surface area contributed by atoms with Gasteiger partial charge in [0.1, 0.15) is 6.33 Å². The summed E-state index contributed by atoms with van der Waals surface area (Å²) in [5.74, 6) is -0.107. The van der Waals surface area contributed by atoms with Gasteiger partial charge in [0, 0.05) is 24.8 Å². The predicted molar refractivity (Wildman–Crippen MR) is 98.7 cm³/mol. The minimum atomic E-state index is -0.189. The molecule has 0 unspecified atom stereocenters. The normalized spacial score (nSPS) is 10.5. The molecule has 1 heterocycles. The molecular formula is C17H23N5O2S. The van der Waals surface area contributed by atoms with E-state index in [-0.39, 0.29) is 17.6 Å². The molecule has 0 spiro atoms. The van der Waals surface area contributed by atoms with Gasteiger partial charge in [-0.25, -0.2) is 0 Å². The summed E-state index contributed by atoms with van der Waals surface area (Å²) in [7, 11) is 1.57. The number of nitrogens with one attached hydrogen (secondary N) is 2. The van der Waals surface area contributed by atoms with Crippen molar-refractivity contribution in [3.8, 4) is 0 Å². The van der Waals surface area contributed by atoms with Crippen LogP contribution in [0.5, 0.6) is 0 Å². The minimum Gasteiger partial charge on any atom is -0.355 e. The molecule has 0 saturated carbocycles. The van der Waals surface area contributed by atoms with E-state index in [4.69, 9.17) is 0 Å². The number of carbonyl (C=O) groups excluding carboxylic acids is 2. The molecule has 2 rings (SSSR count). The Hall–Kier alpha value is -2.35. The zero-order chi connectivity index (χ0) is 18.1. The van der Waals surface area contributed by atoms with Gasteiger partial charge in [-0.05, 0) is 24.6 Å². The fourth-order valence-electron chi connectivity index (χ4n) is 2.25. The van der Waals surface area contributed by atoms with Gasteiger partial charge in [0.15, 0.2) is 5.16 Å². The molecule has 25 heavy (non-hydrogen) atoms. The van der Waals surface area contributed by atoms with Crippen LogP contribution in [0.2, 0.25) is 0 Å². The maximum atomic E-state index is 12.1. The van der Waals surface area contributed by atoms with E-state index >= 15 is 0 Å². The standard InChI is InChI=1S/C17H23N5O2S/c1-3-4-5-9-22-12-19-21-17(22)25-11-15(23)20-14-8-6-7-13(10-14)16(24)18-2/h6-8,10,12H,3-5,9,11H2,1-2H3,(H,18,24)(H,20,23). The lowest BCUT2D eigenvalue weighted by molar-refractivity contribution is -0.113. The van der Waals surface area contributed by atoms with Gasteiger partial charge in [0.25, 0.3) is 5.91 Å². The van der Waals surface area contributed by atoms with Gasteiger partial charge in [-0.3, -0.25) is 9.59 Å². The molecule has 0 saturated heterocycles. The maximum absolute atomic E-state index is 12.1. The molecular weight excluding hydrogens is 338 g/mol. The number of thioether (sulfide) groups is 1. The van der Waals surface area contributed by atoms with Gasteiger partial charge in [-0.15, -0.1) is 10.2 Å². The van der Waals surface area contributed by atoms with Crippen LogP contribution in [0.25, 0.3) is 0 Å². The molecule has 1 aromatic heterocycles. The number of hydrogen-bond acceptors (Lipinski definition) is 5. The van der Waals surface area contributed by atoms with Crippen molar-refractivity contribution in [3.05, 3.63) is 36.2 Å². The van der Waals surface area contributed by atoms with Crippen molar-refractivity contribution in [2.24, 2.45) is 0 Å². The summed E-state index contributed by atoms with van der Waals surface area (Å²) >= 11 is 1.35. The van der Waals surface area contributed by atoms with Crippen LogP contribution in [0.3, 0.4) is 0 Å². The van der Waals surface area contributed by atoms with Crippen LogP contribution in [-0.2, 0) is 11.3 Å². The van der Waals surface area contributed by atoms with Crippen LogP contribution >= 0.6 is 11.8 Å². The number of rotatable bonds is 9. The summed E-state index contributed by atoms with van der Waals surface area (Å²) < 4.78 is 1.97. The lowest BCUT2D eigenvalue weighted by Crippen LogP contribution is -2.19. The van der Waals surface area contributed by atoms with Crippen LogP contribution in [0.4, 0.5) is 5.69 Å². The van der Waals surface area contributed by atoms with E-state index in [0.717, 1.165) is 31.0 Å². The van der Waals surface area contributed by atoms with Gasteiger partial charge in [-0.2, -0.15) is 0 Å². The summed E-state index contributed by atoms with van der Waals surface area (Å²) in [6.45, 7) is 3.02. The Balaban J connectivity index is 1.87. The predicted octanol–water partition coefficient (Wildman–Crippen LogP) is 2.56. The van der Waals surface area contributed by atoms with Crippen molar-refractivity contribution in [2.75, 3.05) is 18.1 Å². The summed E-state index contributed by atoms with van der Waals surface area (Å²) in [5.41, 5.74) is 1.10. The average molecular weight is 361 g/mol. The topological polar surface area (TPSA) is 88.9 Å². The van der Waals surface area contributed by atoms with Gasteiger partial charge in [-0.1, -0.05) is 37.6 Å². The smallest absolute Gasteiger partial charge is 0.251 e. The molecule has 0 radical (unpaired) electrons. The second kappa shape index (κ2) is 9.83. The maximum Gasteiger partial charge on any atom is 0.251 e. The Labute approximate surface area is 151 Å². The highest BCUT2D eigenvalue weighted by Gasteiger charge is 2.10. The first-order valence-corrected chi connectivity index (χ1v) is 9.25. The molecule has 2 amide bonds. The Bertz CT molecular complexity index is 717. The van der Waals surface area contributed by atoms with Crippen molar-refractivity contribution in [1.82, 2.24) is 20.1 Å². The van der Waals surface area contributed by atoms with Gasteiger partial charge < -0.3 is 15.2 Å². The first-order valence-electron chi connectivity index (χ1n) is 8.26. The molecule has 0 bridgehead atoms. The fraction of sp³-hybridized carbons (Fsp3) is 0.412. The Morgan fingerprint density at radius 3 is 2.88 bits per heavy atom. The van der Waals surface area contributed by atoms with Crippen LogP contribution in [-0.4, -0.2) is 39.4 Å². The summed E-state index contributed by atoms with van der Waals surface area (Å²) in [4.78, 5) is 23.8. The number of anilines is 1. The van der Waals surface area contributed by atoms with E-state index in [2.05, 4.69) is 27.8 Å². The van der Waals surface area contributed by atoms with Gasteiger partial charge in [0.05, 0.1) is 5.75 Å². The van der Waals surface area contributed by atoms with E-state index in [0.29, 0.717) is 11.3 Å². The third-order valence-corrected chi connectivity index (χ3v) is 4.53. The van der Waals surface area contributed by atoms with Crippen LogP contribution in [0.1, 0.15) is 36.5 Å². The molecule has 2 aromatic rings. The van der Waals surface area contributed by atoms with E-state index in [1.807, 2.05) is 4.57 Å². The quantitative estimate of drug-likeness (QED) is 0.529. The largest absolute Gasteiger partial charge is 0.355 e. The molecule has 7 nitrogen and oxygen atoms in total. The van der Waals surface area contributed by atoms with Crippen LogP contribution in [0, 0.1) is 0 Å². The zero-order valence-electron chi connectivity index (χ0n) is 14.5. The number of hydrogen-bond donors (Lipinski definition) is 2. The first-order chi connectivity index (χ1) is 12.1. The molecule has 134 valence electrons. The third-order valence-electron chi connectivity index (χ3n) is 3.55. The highest BCUT2D eigenvalue weighted by atomic mass is 32.2. The second-order valence-corrected chi connectivity index (χ2v) is 6.45. The first kappa shape index (κ1) is 19.0. The second-order valence-electron chi connectivity index (χ2n) is 5.51. The number of benzene rings is 1. The number of carbonyl (C=O) groups is 2. The SMILES string of the molecule is CCCCCn1cnnc1SCC(=O)Nc1cccc(C(=O)NC)c1. The highest BCUT2D eigenvalue weighted by molar-refractivity contribution is 7.99. The van der Waals surface area contributed by atoms with Crippen molar-refractivity contribution >= 4 is 29.3 Å². The van der Waals surface area contributed by atoms with E-state index < -0.39 is 0 Å². The van der Waals surface area contributed by atoms with Crippen molar-refractivity contribution in [1.29, 1.82) is 0 Å². The Kier molecular flexibility index (Phi) is 7.46. The Morgan fingerprint density at radius 1 is 1.28 bits per heavy atom. The molecule has 8 heteroatoms. The van der Waals surface area contributed by atoms with Crippen LogP contribution < -0.4 is 10.6 Å². The molecule has 0 atom stereocenters. The molecule has 0 fully saturated rings. The van der Waals surface area contributed by atoms with Crippen molar-refractivity contribution in [3.63, 3.8) is 0 Å². The third kappa shape index (κ3) is 5.90. The Morgan fingerprint density at radius 2 is 2.12 bits per heavy atom. The monoisotopic (exact) mass is 361 g/mol. The van der Waals surface area contributed by atoms with E-state index in [1.165, 1.54) is 11.8 Å². The molecule has 1 aromatic carbocycles. The van der Waals surface area contributed by atoms with Gasteiger partial charge >= 0.3 is 0 Å². The lowest BCUT2D eigenvalue weighted by Gasteiger charge is -2.08. The number of aromatic nitrogens is 3. The van der Waals surface area contributed by atoms with E-state index in [9.17, 15) is 9.59 Å². The highest BCUT2D eigenvalue weighted by Crippen LogP contribution is 2.17. The van der Waals surface area contributed by atoms with Crippen LogP contribution in [0.15, 0.2) is 35.7 Å². The molecule has 0 aliphatic carbocycles. The van der Waals surface area contributed by atoms with Crippen molar-refractivity contribution in [2.45, 2.75) is 37.9 Å². The number of aryl methyl sites for hydroxylation is 1. The van der Waals surface area contributed by atoms with Crippen molar-refractivity contribution < 1.29 is 9.59 Å². The molecule has 0 aliphatic heterocycles.